The minimum atomic E-state index is 0.908. The van der Waals surface area contributed by atoms with Crippen molar-refractivity contribution >= 4 is 0 Å². The molecule has 2 heterocycles. The van der Waals surface area contributed by atoms with Crippen molar-refractivity contribution in [3.05, 3.63) is 17.0 Å². The number of hydrogen-bond donors (Lipinski definition) is 1. The maximum Gasteiger partial charge on any atom is 0.0641 e. The SMILES string of the molecule is Cc1nn(C)c(C)c1CNN1CCCCC1. The summed E-state index contributed by atoms with van der Waals surface area (Å²) in [6.07, 6.45) is 4.01. The van der Waals surface area contributed by atoms with Crippen LogP contribution in [-0.4, -0.2) is 27.9 Å². The highest BCUT2D eigenvalue weighted by Gasteiger charge is 2.12. The molecule has 4 heteroatoms. The first-order valence-corrected chi connectivity index (χ1v) is 6.16. The van der Waals surface area contributed by atoms with Crippen LogP contribution in [0.2, 0.25) is 0 Å². The third-order valence-corrected chi connectivity index (χ3v) is 3.49. The van der Waals surface area contributed by atoms with Crippen LogP contribution in [0.1, 0.15) is 36.2 Å². The first-order chi connectivity index (χ1) is 7.68. The first kappa shape index (κ1) is 11.6. The molecule has 1 aromatic heterocycles. The van der Waals surface area contributed by atoms with Crippen LogP contribution in [0, 0.1) is 13.8 Å². The molecule has 2 rings (SSSR count). The number of aromatic nitrogens is 2. The molecule has 90 valence electrons. The summed E-state index contributed by atoms with van der Waals surface area (Å²) in [6.45, 7) is 7.48. The normalized spacial score (nSPS) is 17.9. The Morgan fingerprint density at radius 2 is 1.88 bits per heavy atom. The van der Waals surface area contributed by atoms with Crippen molar-refractivity contribution in [1.29, 1.82) is 0 Å². The molecular weight excluding hydrogens is 200 g/mol. The van der Waals surface area contributed by atoms with Gasteiger partial charge in [0.1, 0.15) is 0 Å². The van der Waals surface area contributed by atoms with Crippen LogP contribution in [0.4, 0.5) is 0 Å². The van der Waals surface area contributed by atoms with E-state index in [0.29, 0.717) is 0 Å². The minimum Gasteiger partial charge on any atom is -0.272 e. The molecule has 0 saturated carbocycles. The first-order valence-electron chi connectivity index (χ1n) is 6.16. The summed E-state index contributed by atoms with van der Waals surface area (Å²) in [5.41, 5.74) is 7.26. The monoisotopic (exact) mass is 222 g/mol. The maximum absolute atomic E-state index is 4.43. The summed E-state index contributed by atoms with van der Waals surface area (Å²) >= 11 is 0. The van der Waals surface area contributed by atoms with Crippen LogP contribution < -0.4 is 5.43 Å². The Morgan fingerprint density at radius 1 is 1.19 bits per heavy atom. The average Bonchev–Trinajstić information content (AvgIpc) is 2.53. The molecular formula is C12H22N4. The number of aryl methyl sites for hydroxylation is 2. The highest BCUT2D eigenvalue weighted by molar-refractivity contribution is 5.23. The van der Waals surface area contributed by atoms with Crippen LogP contribution >= 0.6 is 0 Å². The standard InChI is InChI=1S/C12H22N4/c1-10-12(11(2)15(3)14-10)9-13-16-7-5-4-6-8-16/h13H,4-9H2,1-3H3. The van der Waals surface area contributed by atoms with Gasteiger partial charge in [0.05, 0.1) is 5.69 Å². The molecule has 0 atom stereocenters. The lowest BCUT2D eigenvalue weighted by Crippen LogP contribution is -2.41. The summed E-state index contributed by atoms with van der Waals surface area (Å²) in [5.74, 6) is 0. The van der Waals surface area contributed by atoms with E-state index in [-0.39, 0.29) is 0 Å². The van der Waals surface area contributed by atoms with Gasteiger partial charge in [0.2, 0.25) is 0 Å². The second-order valence-corrected chi connectivity index (χ2v) is 4.66. The molecule has 1 aromatic rings. The molecule has 4 nitrogen and oxygen atoms in total. The molecule has 0 amide bonds. The van der Waals surface area contributed by atoms with E-state index in [1.807, 2.05) is 11.7 Å². The quantitative estimate of drug-likeness (QED) is 0.842. The van der Waals surface area contributed by atoms with Crippen molar-refractivity contribution in [3.8, 4) is 0 Å². The number of nitrogens with zero attached hydrogens (tertiary/aromatic N) is 3. The van der Waals surface area contributed by atoms with Crippen LogP contribution in [0.5, 0.6) is 0 Å². The van der Waals surface area contributed by atoms with Crippen LogP contribution in [0.25, 0.3) is 0 Å². The second kappa shape index (κ2) is 4.97. The Morgan fingerprint density at radius 3 is 2.44 bits per heavy atom. The topological polar surface area (TPSA) is 33.1 Å². The van der Waals surface area contributed by atoms with Gasteiger partial charge in [-0.2, -0.15) is 5.10 Å². The number of hydrazine groups is 1. The molecule has 0 spiro atoms. The Bertz CT molecular complexity index is 350. The summed E-state index contributed by atoms with van der Waals surface area (Å²) in [4.78, 5) is 0. The van der Waals surface area contributed by atoms with E-state index in [1.165, 1.54) is 43.6 Å². The van der Waals surface area contributed by atoms with Gasteiger partial charge in [-0.25, -0.2) is 5.01 Å². The molecule has 1 fully saturated rings. The summed E-state index contributed by atoms with van der Waals surface area (Å²) in [7, 11) is 2.01. The fraction of sp³-hybridized carbons (Fsp3) is 0.750. The largest absolute Gasteiger partial charge is 0.272 e. The van der Waals surface area contributed by atoms with Crippen molar-refractivity contribution in [1.82, 2.24) is 20.2 Å². The van der Waals surface area contributed by atoms with Crippen molar-refractivity contribution in [3.63, 3.8) is 0 Å². The molecule has 0 aromatic carbocycles. The molecule has 0 radical (unpaired) electrons. The number of rotatable bonds is 3. The predicted molar refractivity (Wildman–Crippen MR) is 64.9 cm³/mol. The average molecular weight is 222 g/mol. The van der Waals surface area contributed by atoms with E-state index in [9.17, 15) is 0 Å². The molecule has 1 aliphatic rings. The number of nitrogens with one attached hydrogen (secondary N) is 1. The highest BCUT2D eigenvalue weighted by Crippen LogP contribution is 2.12. The Labute approximate surface area is 97.6 Å². The van der Waals surface area contributed by atoms with Gasteiger partial charge in [0.15, 0.2) is 0 Å². The lowest BCUT2D eigenvalue weighted by Gasteiger charge is -2.27. The van der Waals surface area contributed by atoms with E-state index in [4.69, 9.17) is 0 Å². The van der Waals surface area contributed by atoms with Crippen molar-refractivity contribution in [2.75, 3.05) is 13.1 Å². The van der Waals surface area contributed by atoms with E-state index in [2.05, 4.69) is 29.4 Å². The van der Waals surface area contributed by atoms with Gasteiger partial charge >= 0.3 is 0 Å². The Hall–Kier alpha value is -0.870. The van der Waals surface area contributed by atoms with Gasteiger partial charge in [-0.05, 0) is 26.7 Å². The van der Waals surface area contributed by atoms with Gasteiger partial charge in [0.25, 0.3) is 0 Å². The van der Waals surface area contributed by atoms with Gasteiger partial charge in [-0.15, -0.1) is 0 Å². The fourth-order valence-corrected chi connectivity index (χ4v) is 2.32. The Kier molecular flexibility index (Phi) is 3.61. The predicted octanol–water partition coefficient (Wildman–Crippen LogP) is 1.53. The zero-order chi connectivity index (χ0) is 11.5. The summed E-state index contributed by atoms with van der Waals surface area (Å²) in [6, 6.07) is 0. The minimum absolute atomic E-state index is 0.908. The third-order valence-electron chi connectivity index (χ3n) is 3.49. The zero-order valence-electron chi connectivity index (χ0n) is 10.6. The molecule has 16 heavy (non-hydrogen) atoms. The number of piperidine rings is 1. The van der Waals surface area contributed by atoms with Gasteiger partial charge in [-0.1, -0.05) is 6.42 Å². The third kappa shape index (κ3) is 2.44. The van der Waals surface area contributed by atoms with Crippen LogP contribution in [0.3, 0.4) is 0 Å². The number of hydrogen-bond acceptors (Lipinski definition) is 3. The fourth-order valence-electron chi connectivity index (χ4n) is 2.32. The van der Waals surface area contributed by atoms with Gasteiger partial charge in [-0.3, -0.25) is 10.1 Å². The molecule has 0 aliphatic carbocycles. The maximum atomic E-state index is 4.43. The van der Waals surface area contributed by atoms with Crippen molar-refractivity contribution in [2.24, 2.45) is 7.05 Å². The van der Waals surface area contributed by atoms with E-state index in [0.717, 1.165) is 12.2 Å². The van der Waals surface area contributed by atoms with Crippen molar-refractivity contribution in [2.45, 2.75) is 39.7 Å². The van der Waals surface area contributed by atoms with Crippen LogP contribution in [-0.2, 0) is 13.6 Å². The van der Waals surface area contributed by atoms with Crippen molar-refractivity contribution < 1.29 is 0 Å². The Balaban J connectivity index is 1.93. The molecule has 1 saturated heterocycles. The van der Waals surface area contributed by atoms with E-state index in [1.54, 1.807) is 0 Å². The zero-order valence-corrected chi connectivity index (χ0v) is 10.6. The molecule has 0 unspecified atom stereocenters. The smallest absolute Gasteiger partial charge is 0.0641 e. The molecule has 0 bridgehead atoms. The lowest BCUT2D eigenvalue weighted by atomic mass is 10.1. The van der Waals surface area contributed by atoms with Gasteiger partial charge in [0, 0.05) is 37.9 Å². The molecule has 1 N–H and O–H groups in total. The molecule has 1 aliphatic heterocycles. The van der Waals surface area contributed by atoms with E-state index >= 15 is 0 Å². The highest BCUT2D eigenvalue weighted by atomic mass is 15.5. The summed E-state index contributed by atoms with van der Waals surface area (Å²) < 4.78 is 1.96. The lowest BCUT2D eigenvalue weighted by molar-refractivity contribution is 0.151. The summed E-state index contributed by atoms with van der Waals surface area (Å²) in [5, 5.41) is 6.78. The van der Waals surface area contributed by atoms with Crippen LogP contribution in [0.15, 0.2) is 0 Å². The van der Waals surface area contributed by atoms with Gasteiger partial charge < -0.3 is 0 Å². The van der Waals surface area contributed by atoms with E-state index < -0.39 is 0 Å². The second-order valence-electron chi connectivity index (χ2n) is 4.66.